The average molecular weight is 378 g/mol. The number of hydrogen-bond donors (Lipinski definition) is 4. The molecule has 0 radical (unpaired) electrons. The summed E-state index contributed by atoms with van der Waals surface area (Å²) in [6.45, 7) is 6.61. The minimum atomic E-state index is -4.74. The van der Waals surface area contributed by atoms with Gasteiger partial charge in [0.25, 0.3) is 0 Å². The molecule has 0 spiro atoms. The Labute approximate surface area is 136 Å². The van der Waals surface area contributed by atoms with Crippen LogP contribution in [0.1, 0.15) is 53.4 Å². The van der Waals surface area contributed by atoms with Crippen molar-refractivity contribution in [3.8, 4) is 0 Å². The third-order valence-electron chi connectivity index (χ3n) is 4.13. The minimum absolute atomic E-state index is 0.140. The number of phosphoric acid groups is 2. The monoisotopic (exact) mass is 378 g/mol. The van der Waals surface area contributed by atoms with Gasteiger partial charge in [-0.3, -0.25) is 9.05 Å². The van der Waals surface area contributed by atoms with Gasteiger partial charge in [0.1, 0.15) is 5.60 Å². The molecule has 0 aliphatic rings. The smallest absolute Gasteiger partial charge is 0.370 e. The standard InChI is InChI=1S/C12H28O9P2/c1-5-11(6-2,19-9-10-20-22(13,14)15)12(7-3,8-4)21-23(16,17)18/h5-10H2,1-4H3,(H2,13,14,15)(H2,16,17,18). The van der Waals surface area contributed by atoms with Gasteiger partial charge in [0.05, 0.1) is 18.8 Å². The van der Waals surface area contributed by atoms with E-state index in [0.29, 0.717) is 25.7 Å². The summed E-state index contributed by atoms with van der Waals surface area (Å²) in [5, 5.41) is 0. The molecule has 0 aromatic heterocycles. The Morgan fingerprint density at radius 3 is 1.48 bits per heavy atom. The van der Waals surface area contributed by atoms with Crippen LogP contribution in [0.4, 0.5) is 0 Å². The third-order valence-corrected chi connectivity index (χ3v) is 5.24. The molecule has 4 N–H and O–H groups in total. The SMILES string of the molecule is CCC(CC)(OCCOP(=O)(O)O)C(CC)(CC)OP(=O)(O)O. The van der Waals surface area contributed by atoms with E-state index in [9.17, 15) is 18.9 Å². The van der Waals surface area contributed by atoms with E-state index in [4.69, 9.17) is 19.0 Å². The van der Waals surface area contributed by atoms with Crippen LogP contribution in [0.25, 0.3) is 0 Å². The van der Waals surface area contributed by atoms with E-state index in [0.717, 1.165) is 0 Å². The lowest BCUT2D eigenvalue weighted by Gasteiger charge is -2.48. The summed E-state index contributed by atoms with van der Waals surface area (Å²) in [6, 6.07) is 0. The summed E-state index contributed by atoms with van der Waals surface area (Å²) in [5.74, 6) is 0. The van der Waals surface area contributed by atoms with E-state index in [1.807, 2.05) is 0 Å². The van der Waals surface area contributed by atoms with Gasteiger partial charge in [0.2, 0.25) is 0 Å². The van der Waals surface area contributed by atoms with Gasteiger partial charge in [-0.1, -0.05) is 27.7 Å². The maximum atomic E-state index is 11.4. The van der Waals surface area contributed by atoms with Crippen molar-refractivity contribution in [3.63, 3.8) is 0 Å². The molecule has 11 heteroatoms. The molecule has 0 amide bonds. The van der Waals surface area contributed by atoms with Gasteiger partial charge in [0.15, 0.2) is 0 Å². The molecule has 0 aromatic carbocycles. The fraction of sp³-hybridized carbons (Fsp3) is 1.00. The van der Waals surface area contributed by atoms with Crippen LogP contribution in [0.2, 0.25) is 0 Å². The summed E-state index contributed by atoms with van der Waals surface area (Å²) in [5.41, 5.74) is -2.24. The Balaban J connectivity index is 5.34. The fourth-order valence-electron chi connectivity index (χ4n) is 2.96. The predicted octanol–water partition coefficient (Wildman–Crippen LogP) is 2.34. The Hall–Kier alpha value is 0.180. The zero-order valence-corrected chi connectivity index (χ0v) is 15.8. The van der Waals surface area contributed by atoms with E-state index < -0.39 is 26.8 Å². The molecule has 0 fully saturated rings. The first-order valence-electron chi connectivity index (χ1n) is 7.51. The highest BCUT2D eigenvalue weighted by Gasteiger charge is 2.52. The highest BCUT2D eigenvalue weighted by molar-refractivity contribution is 7.46. The van der Waals surface area contributed by atoms with Crippen molar-refractivity contribution in [3.05, 3.63) is 0 Å². The molecular weight excluding hydrogens is 350 g/mol. The lowest BCUT2D eigenvalue weighted by molar-refractivity contribution is -0.188. The van der Waals surface area contributed by atoms with Crippen LogP contribution < -0.4 is 0 Å². The molecule has 0 heterocycles. The number of rotatable bonds is 12. The lowest BCUT2D eigenvalue weighted by Crippen LogP contribution is -2.56. The van der Waals surface area contributed by atoms with Crippen LogP contribution in [0.5, 0.6) is 0 Å². The lowest BCUT2D eigenvalue weighted by atomic mass is 9.75. The summed E-state index contributed by atoms with van der Waals surface area (Å²) in [4.78, 5) is 35.9. The summed E-state index contributed by atoms with van der Waals surface area (Å²) in [6.07, 6.45) is 1.41. The summed E-state index contributed by atoms with van der Waals surface area (Å²) >= 11 is 0. The Bertz CT molecular complexity index is 434. The third kappa shape index (κ3) is 6.90. The van der Waals surface area contributed by atoms with Crippen LogP contribution in [0.3, 0.4) is 0 Å². The van der Waals surface area contributed by atoms with Gasteiger partial charge in [-0.2, -0.15) is 0 Å². The van der Waals surface area contributed by atoms with Gasteiger partial charge in [-0.25, -0.2) is 9.13 Å². The number of phosphoric ester groups is 2. The second-order valence-electron chi connectivity index (χ2n) is 5.16. The number of ether oxygens (including phenoxy) is 1. The van der Waals surface area contributed by atoms with Crippen molar-refractivity contribution in [1.29, 1.82) is 0 Å². The molecule has 0 saturated carbocycles. The van der Waals surface area contributed by atoms with Crippen molar-refractivity contribution < 1.29 is 42.5 Å². The van der Waals surface area contributed by atoms with Crippen molar-refractivity contribution in [2.75, 3.05) is 13.2 Å². The van der Waals surface area contributed by atoms with E-state index in [-0.39, 0.29) is 13.2 Å². The van der Waals surface area contributed by atoms with Crippen LogP contribution in [-0.2, 0) is 22.9 Å². The normalized spacial score (nSPS) is 14.3. The zero-order chi connectivity index (χ0) is 18.4. The van der Waals surface area contributed by atoms with Gasteiger partial charge in [0, 0.05) is 0 Å². The van der Waals surface area contributed by atoms with E-state index in [1.165, 1.54) is 0 Å². The minimum Gasteiger partial charge on any atom is -0.370 e. The second-order valence-corrected chi connectivity index (χ2v) is 7.56. The van der Waals surface area contributed by atoms with Gasteiger partial charge >= 0.3 is 15.6 Å². The Kier molecular flexibility index (Phi) is 9.11. The predicted molar refractivity (Wildman–Crippen MR) is 83.7 cm³/mol. The van der Waals surface area contributed by atoms with Crippen LogP contribution in [0.15, 0.2) is 0 Å². The summed E-state index contributed by atoms with van der Waals surface area (Å²) in [7, 11) is -9.33. The molecule has 0 atom stereocenters. The molecule has 0 unspecified atom stereocenters. The van der Waals surface area contributed by atoms with Crippen LogP contribution >= 0.6 is 15.6 Å². The molecular formula is C12H28O9P2. The van der Waals surface area contributed by atoms with E-state index in [1.54, 1.807) is 27.7 Å². The van der Waals surface area contributed by atoms with Crippen molar-refractivity contribution in [2.45, 2.75) is 64.6 Å². The van der Waals surface area contributed by atoms with Gasteiger partial charge in [-0.05, 0) is 25.7 Å². The topological polar surface area (TPSA) is 143 Å². The Morgan fingerprint density at radius 1 is 0.739 bits per heavy atom. The first-order valence-corrected chi connectivity index (χ1v) is 10.6. The molecule has 9 nitrogen and oxygen atoms in total. The van der Waals surface area contributed by atoms with Crippen molar-refractivity contribution in [2.24, 2.45) is 0 Å². The van der Waals surface area contributed by atoms with E-state index >= 15 is 0 Å². The molecule has 23 heavy (non-hydrogen) atoms. The first-order chi connectivity index (χ1) is 10.4. The first kappa shape index (κ1) is 23.2. The van der Waals surface area contributed by atoms with E-state index in [2.05, 4.69) is 4.52 Å². The highest BCUT2D eigenvalue weighted by Crippen LogP contribution is 2.51. The Morgan fingerprint density at radius 2 is 1.17 bits per heavy atom. The average Bonchev–Trinajstić information content (AvgIpc) is 2.43. The molecule has 0 saturated heterocycles. The quantitative estimate of drug-likeness (QED) is 0.297. The second kappa shape index (κ2) is 9.04. The molecule has 0 aromatic rings. The number of hydrogen-bond acceptors (Lipinski definition) is 5. The maximum Gasteiger partial charge on any atom is 0.470 e. The summed E-state index contributed by atoms with van der Waals surface area (Å²) < 4.78 is 37.3. The molecule has 0 rings (SSSR count). The van der Waals surface area contributed by atoms with Crippen molar-refractivity contribution >= 4 is 15.6 Å². The van der Waals surface area contributed by atoms with Gasteiger partial charge in [-0.15, -0.1) is 0 Å². The van der Waals surface area contributed by atoms with Crippen LogP contribution in [0, 0.1) is 0 Å². The molecule has 0 bridgehead atoms. The fourth-order valence-corrected chi connectivity index (χ4v) is 4.15. The van der Waals surface area contributed by atoms with Crippen molar-refractivity contribution in [1.82, 2.24) is 0 Å². The zero-order valence-electron chi connectivity index (χ0n) is 14.0. The van der Waals surface area contributed by atoms with Crippen LogP contribution in [-0.4, -0.2) is 44.0 Å². The largest absolute Gasteiger partial charge is 0.470 e. The molecule has 0 aliphatic heterocycles. The van der Waals surface area contributed by atoms with Gasteiger partial charge < -0.3 is 24.3 Å². The highest BCUT2D eigenvalue weighted by atomic mass is 31.2. The molecule has 0 aliphatic carbocycles. The maximum absolute atomic E-state index is 11.4. The molecule has 140 valence electrons.